The Hall–Kier alpha value is -0.0000000000000000416. The normalized spacial score (nSPS) is 17.1. The van der Waals surface area contributed by atoms with E-state index in [-0.39, 0.29) is 6.61 Å². The highest BCUT2D eigenvalue weighted by molar-refractivity contribution is 7.60. The molecule has 1 unspecified atom stereocenters. The van der Waals surface area contributed by atoms with Gasteiger partial charge in [-0.05, 0) is 31.6 Å². The average Bonchev–Trinajstić information content (AvgIpc) is 2.34. The maximum atomic E-state index is 11.3. The lowest BCUT2D eigenvalue weighted by molar-refractivity contribution is 0.191. The van der Waals surface area contributed by atoms with E-state index in [0.29, 0.717) is 5.92 Å². The molecule has 0 saturated carbocycles. The maximum absolute atomic E-state index is 11.3. The third-order valence-corrected chi connectivity index (χ3v) is 5.78. The van der Waals surface area contributed by atoms with Gasteiger partial charge in [-0.2, -0.15) is 4.31 Å². The summed E-state index contributed by atoms with van der Waals surface area (Å²) in [4.78, 5) is 26.1. The van der Waals surface area contributed by atoms with Crippen LogP contribution < -0.4 is 0 Å². The number of rotatable bonds is 13. The molecule has 144 valence electrons. The van der Waals surface area contributed by atoms with Gasteiger partial charge in [0.15, 0.2) is 0 Å². The van der Waals surface area contributed by atoms with Crippen LogP contribution in [0.15, 0.2) is 11.6 Å². The van der Waals surface area contributed by atoms with Gasteiger partial charge in [0, 0.05) is 0 Å². The SMILES string of the molecule is C/C(=C/COP(=O)(O)OP(=O)(O)O)CCC[C@@H](C)CCCC(C)C. The Morgan fingerprint density at radius 3 is 2.17 bits per heavy atom. The zero-order valence-corrected chi connectivity index (χ0v) is 16.8. The van der Waals surface area contributed by atoms with Crippen LogP contribution >= 0.6 is 15.6 Å². The van der Waals surface area contributed by atoms with Gasteiger partial charge in [0.05, 0.1) is 6.61 Å². The van der Waals surface area contributed by atoms with E-state index in [1.165, 1.54) is 19.3 Å². The van der Waals surface area contributed by atoms with Gasteiger partial charge in [-0.25, -0.2) is 9.13 Å². The van der Waals surface area contributed by atoms with E-state index in [2.05, 4.69) is 29.6 Å². The van der Waals surface area contributed by atoms with Crippen LogP contribution in [0.25, 0.3) is 0 Å². The van der Waals surface area contributed by atoms with Gasteiger partial charge < -0.3 is 14.7 Å². The summed E-state index contributed by atoms with van der Waals surface area (Å²) >= 11 is 0. The lowest BCUT2D eigenvalue weighted by Gasteiger charge is -2.13. The molecule has 0 amide bonds. The summed E-state index contributed by atoms with van der Waals surface area (Å²) in [7, 11) is -9.79. The first-order valence-corrected chi connectivity index (χ1v) is 11.3. The molecule has 3 N–H and O–H groups in total. The largest absolute Gasteiger partial charge is 0.481 e. The standard InChI is InChI=1S/C15H32O7P2/c1-13(2)7-5-8-14(3)9-6-10-15(4)11-12-21-24(19,20)22-23(16,17)18/h11,13-14H,5-10,12H2,1-4H3,(H,19,20)(H2,16,17,18)/b15-11-/t14-/m0/s1. The van der Waals surface area contributed by atoms with Crippen molar-refractivity contribution in [2.75, 3.05) is 6.61 Å². The zero-order chi connectivity index (χ0) is 18.8. The Morgan fingerprint density at radius 1 is 1.04 bits per heavy atom. The monoisotopic (exact) mass is 386 g/mol. The molecule has 0 heterocycles. The van der Waals surface area contributed by atoms with Crippen molar-refractivity contribution in [3.8, 4) is 0 Å². The molecule has 0 spiro atoms. The van der Waals surface area contributed by atoms with Crippen molar-refractivity contribution in [1.29, 1.82) is 0 Å². The van der Waals surface area contributed by atoms with Gasteiger partial charge in [0.2, 0.25) is 0 Å². The van der Waals surface area contributed by atoms with Gasteiger partial charge in [-0.15, -0.1) is 0 Å². The highest BCUT2D eigenvalue weighted by atomic mass is 31.3. The van der Waals surface area contributed by atoms with E-state index in [1.54, 1.807) is 6.08 Å². The van der Waals surface area contributed by atoms with Crippen LogP contribution in [-0.4, -0.2) is 21.3 Å². The maximum Gasteiger partial charge on any atom is 0.481 e. The Labute approximate surface area is 145 Å². The van der Waals surface area contributed by atoms with Crippen molar-refractivity contribution < 1.29 is 32.6 Å². The second kappa shape index (κ2) is 11.6. The molecule has 0 rings (SSSR count). The average molecular weight is 386 g/mol. The Kier molecular flexibility index (Phi) is 11.6. The van der Waals surface area contributed by atoms with Crippen LogP contribution in [0.3, 0.4) is 0 Å². The second-order valence-corrected chi connectivity index (χ2v) is 9.54. The van der Waals surface area contributed by atoms with Crippen molar-refractivity contribution in [3.63, 3.8) is 0 Å². The quantitative estimate of drug-likeness (QED) is 0.308. The van der Waals surface area contributed by atoms with Crippen LogP contribution in [0.1, 0.15) is 66.2 Å². The molecular weight excluding hydrogens is 354 g/mol. The molecule has 0 aromatic heterocycles. The van der Waals surface area contributed by atoms with Crippen molar-refractivity contribution in [1.82, 2.24) is 0 Å². The summed E-state index contributed by atoms with van der Waals surface area (Å²) in [5.74, 6) is 1.43. The molecule has 0 aromatic carbocycles. The van der Waals surface area contributed by atoms with Crippen LogP contribution in [0.4, 0.5) is 0 Å². The van der Waals surface area contributed by atoms with Gasteiger partial charge >= 0.3 is 15.6 Å². The molecule has 7 nitrogen and oxygen atoms in total. The first-order chi connectivity index (χ1) is 10.9. The predicted molar refractivity (Wildman–Crippen MR) is 94.4 cm³/mol. The summed E-state index contributed by atoms with van der Waals surface area (Å²) in [5, 5.41) is 0. The number of allylic oxidation sites excluding steroid dienone is 1. The topological polar surface area (TPSA) is 113 Å². The van der Waals surface area contributed by atoms with E-state index in [0.717, 1.165) is 30.8 Å². The van der Waals surface area contributed by atoms with Gasteiger partial charge in [0.1, 0.15) is 0 Å². The third-order valence-electron chi connectivity index (χ3n) is 3.63. The summed E-state index contributed by atoms with van der Waals surface area (Å²) in [5.41, 5.74) is 1.00. The molecule has 0 aliphatic heterocycles. The van der Waals surface area contributed by atoms with Crippen LogP contribution in [0.2, 0.25) is 0 Å². The molecule has 0 fully saturated rings. The van der Waals surface area contributed by atoms with Gasteiger partial charge in [-0.3, -0.25) is 4.52 Å². The molecule has 0 aliphatic rings. The highest BCUT2D eigenvalue weighted by Crippen LogP contribution is 2.57. The number of phosphoric acid groups is 2. The Balaban J connectivity index is 3.95. The molecule has 2 atom stereocenters. The molecule has 0 radical (unpaired) electrons. The Morgan fingerprint density at radius 2 is 1.62 bits per heavy atom. The third kappa shape index (κ3) is 15.5. The number of hydrogen-bond acceptors (Lipinski definition) is 4. The van der Waals surface area contributed by atoms with Crippen molar-refractivity contribution in [3.05, 3.63) is 11.6 Å². The van der Waals surface area contributed by atoms with E-state index < -0.39 is 15.6 Å². The zero-order valence-electron chi connectivity index (χ0n) is 15.1. The molecule has 0 aliphatic carbocycles. The summed E-state index contributed by atoms with van der Waals surface area (Å²) < 4.78 is 30.0. The fraction of sp³-hybridized carbons (Fsp3) is 0.867. The smallest absolute Gasteiger partial charge is 0.302 e. The van der Waals surface area contributed by atoms with Crippen LogP contribution in [-0.2, 0) is 18.0 Å². The van der Waals surface area contributed by atoms with Crippen molar-refractivity contribution in [2.45, 2.75) is 66.2 Å². The lowest BCUT2D eigenvalue weighted by atomic mass is 9.94. The van der Waals surface area contributed by atoms with E-state index in [4.69, 9.17) is 14.7 Å². The highest BCUT2D eigenvalue weighted by Gasteiger charge is 2.31. The second-order valence-electron chi connectivity index (χ2n) is 6.71. The molecule has 9 heteroatoms. The molecule has 0 aromatic rings. The summed E-state index contributed by atoms with van der Waals surface area (Å²) in [6, 6.07) is 0. The van der Waals surface area contributed by atoms with Gasteiger partial charge in [-0.1, -0.05) is 58.1 Å². The minimum absolute atomic E-state index is 0.233. The fourth-order valence-electron chi connectivity index (χ4n) is 2.28. The van der Waals surface area contributed by atoms with E-state index >= 15 is 0 Å². The first-order valence-electron chi connectivity index (χ1n) is 8.31. The first kappa shape index (κ1) is 24.0. The van der Waals surface area contributed by atoms with Crippen molar-refractivity contribution in [2.24, 2.45) is 11.8 Å². The fourth-order valence-corrected chi connectivity index (χ4v) is 3.81. The predicted octanol–water partition coefficient (Wildman–Crippen LogP) is 4.79. The van der Waals surface area contributed by atoms with Crippen LogP contribution in [0, 0.1) is 11.8 Å². The summed E-state index contributed by atoms with van der Waals surface area (Å²) in [6.07, 6.45) is 8.38. The molecular formula is C15H32O7P2. The van der Waals surface area contributed by atoms with Crippen molar-refractivity contribution >= 4 is 15.6 Å². The molecule has 0 saturated heterocycles. The summed E-state index contributed by atoms with van der Waals surface area (Å²) in [6.45, 7) is 8.38. The minimum atomic E-state index is -5.05. The van der Waals surface area contributed by atoms with E-state index in [1.807, 2.05) is 6.92 Å². The minimum Gasteiger partial charge on any atom is -0.302 e. The van der Waals surface area contributed by atoms with Crippen LogP contribution in [0.5, 0.6) is 0 Å². The lowest BCUT2D eigenvalue weighted by Crippen LogP contribution is -1.97. The molecule has 24 heavy (non-hydrogen) atoms. The van der Waals surface area contributed by atoms with E-state index in [9.17, 15) is 9.13 Å². The van der Waals surface area contributed by atoms with Gasteiger partial charge in [0.25, 0.3) is 0 Å². The Bertz CT molecular complexity index is 470. The number of hydrogen-bond donors (Lipinski definition) is 3. The molecule has 0 bridgehead atoms. The number of phosphoric ester groups is 1.